The van der Waals surface area contributed by atoms with E-state index in [1.165, 1.54) is 24.0 Å². The summed E-state index contributed by atoms with van der Waals surface area (Å²) in [6.45, 7) is 1.87. The second-order valence-corrected chi connectivity index (χ2v) is 4.99. The molecule has 0 aromatic heterocycles. The van der Waals surface area contributed by atoms with Crippen LogP contribution in [0, 0.1) is 0 Å². The van der Waals surface area contributed by atoms with Crippen molar-refractivity contribution in [2.75, 3.05) is 13.1 Å². The summed E-state index contributed by atoms with van der Waals surface area (Å²) in [5, 5.41) is 6.46. The summed E-state index contributed by atoms with van der Waals surface area (Å²) in [5.74, 6) is 0.282. The molecule has 1 amide bonds. The number of carbonyl (C=O) groups is 1. The SMILES string of the molecule is O=C(NCC1CCCN1)C1Cc2ccccc21. The third-order valence-electron chi connectivity index (χ3n) is 3.86. The quantitative estimate of drug-likeness (QED) is 0.819. The molecule has 1 aromatic carbocycles. The number of benzene rings is 1. The van der Waals surface area contributed by atoms with Gasteiger partial charge in [0.05, 0.1) is 5.92 Å². The van der Waals surface area contributed by atoms with Crippen molar-refractivity contribution < 1.29 is 4.79 Å². The molecule has 2 aliphatic rings. The molecule has 0 bridgehead atoms. The molecule has 1 aliphatic carbocycles. The molecule has 0 saturated carbocycles. The summed E-state index contributed by atoms with van der Waals surface area (Å²) >= 11 is 0. The predicted molar refractivity (Wildman–Crippen MR) is 66.9 cm³/mol. The van der Waals surface area contributed by atoms with E-state index in [1.807, 2.05) is 12.1 Å². The van der Waals surface area contributed by atoms with Crippen molar-refractivity contribution in [3.63, 3.8) is 0 Å². The average molecular weight is 230 g/mol. The molecular weight excluding hydrogens is 212 g/mol. The van der Waals surface area contributed by atoms with Crippen molar-refractivity contribution in [3.8, 4) is 0 Å². The zero-order chi connectivity index (χ0) is 11.7. The highest BCUT2D eigenvalue weighted by Crippen LogP contribution is 2.34. The van der Waals surface area contributed by atoms with Crippen LogP contribution in [0.25, 0.3) is 0 Å². The first-order chi connectivity index (χ1) is 8.34. The molecule has 2 N–H and O–H groups in total. The number of amides is 1. The van der Waals surface area contributed by atoms with Gasteiger partial charge >= 0.3 is 0 Å². The van der Waals surface area contributed by atoms with E-state index in [0.717, 1.165) is 19.5 Å². The monoisotopic (exact) mass is 230 g/mol. The molecule has 1 saturated heterocycles. The Morgan fingerprint density at radius 2 is 2.29 bits per heavy atom. The lowest BCUT2D eigenvalue weighted by Gasteiger charge is -2.29. The zero-order valence-corrected chi connectivity index (χ0v) is 9.91. The normalized spacial score (nSPS) is 26.1. The maximum atomic E-state index is 12.0. The second-order valence-electron chi connectivity index (χ2n) is 4.99. The van der Waals surface area contributed by atoms with E-state index in [1.54, 1.807) is 0 Å². The number of carbonyl (C=O) groups excluding carboxylic acids is 1. The van der Waals surface area contributed by atoms with Gasteiger partial charge in [-0.25, -0.2) is 0 Å². The molecule has 1 aliphatic heterocycles. The molecule has 1 fully saturated rings. The topological polar surface area (TPSA) is 41.1 Å². The number of hydrogen-bond acceptors (Lipinski definition) is 2. The second kappa shape index (κ2) is 4.49. The minimum atomic E-state index is 0.0904. The number of nitrogens with one attached hydrogen (secondary N) is 2. The number of fused-ring (bicyclic) bond motifs is 1. The van der Waals surface area contributed by atoms with Gasteiger partial charge in [0.25, 0.3) is 0 Å². The van der Waals surface area contributed by atoms with Gasteiger partial charge in [0.2, 0.25) is 5.91 Å². The first-order valence-electron chi connectivity index (χ1n) is 6.43. The van der Waals surface area contributed by atoms with Gasteiger partial charge in [0.15, 0.2) is 0 Å². The Balaban J connectivity index is 1.54. The number of hydrogen-bond donors (Lipinski definition) is 2. The molecule has 90 valence electrons. The van der Waals surface area contributed by atoms with E-state index in [4.69, 9.17) is 0 Å². The molecule has 0 radical (unpaired) electrons. The Bertz CT molecular complexity index is 424. The van der Waals surface area contributed by atoms with Crippen LogP contribution >= 0.6 is 0 Å². The summed E-state index contributed by atoms with van der Waals surface area (Å²) < 4.78 is 0. The van der Waals surface area contributed by atoms with Gasteiger partial charge in [0.1, 0.15) is 0 Å². The largest absolute Gasteiger partial charge is 0.354 e. The van der Waals surface area contributed by atoms with Crippen molar-refractivity contribution in [3.05, 3.63) is 35.4 Å². The molecule has 3 rings (SSSR count). The molecule has 3 nitrogen and oxygen atoms in total. The van der Waals surface area contributed by atoms with E-state index in [-0.39, 0.29) is 11.8 Å². The van der Waals surface area contributed by atoms with Crippen LogP contribution in [0.2, 0.25) is 0 Å². The standard InChI is InChI=1S/C14H18N2O/c17-14(16-9-11-5-3-7-15-11)13-8-10-4-1-2-6-12(10)13/h1-2,4,6,11,13,15H,3,5,7-9H2,(H,16,17). The third kappa shape index (κ3) is 2.07. The Labute approximate surface area is 102 Å². The smallest absolute Gasteiger partial charge is 0.227 e. The maximum absolute atomic E-state index is 12.0. The summed E-state index contributed by atoms with van der Waals surface area (Å²) in [7, 11) is 0. The summed E-state index contributed by atoms with van der Waals surface area (Å²) in [6, 6.07) is 8.70. The van der Waals surface area contributed by atoms with Gasteiger partial charge < -0.3 is 10.6 Å². The Hall–Kier alpha value is -1.35. The molecule has 2 unspecified atom stereocenters. The lowest BCUT2D eigenvalue weighted by molar-refractivity contribution is -0.123. The van der Waals surface area contributed by atoms with Gasteiger partial charge in [0, 0.05) is 12.6 Å². The summed E-state index contributed by atoms with van der Waals surface area (Å²) in [5.41, 5.74) is 2.54. The van der Waals surface area contributed by atoms with Gasteiger partial charge in [-0.3, -0.25) is 4.79 Å². The van der Waals surface area contributed by atoms with E-state index >= 15 is 0 Å². The van der Waals surface area contributed by atoms with Crippen LogP contribution in [0.1, 0.15) is 29.9 Å². The fraction of sp³-hybridized carbons (Fsp3) is 0.500. The van der Waals surface area contributed by atoms with Crippen LogP contribution in [-0.4, -0.2) is 25.0 Å². The lowest BCUT2D eigenvalue weighted by Crippen LogP contribution is -2.41. The van der Waals surface area contributed by atoms with Gasteiger partial charge in [-0.2, -0.15) is 0 Å². The lowest BCUT2D eigenvalue weighted by atomic mass is 9.77. The molecule has 3 heteroatoms. The van der Waals surface area contributed by atoms with Gasteiger partial charge in [-0.1, -0.05) is 24.3 Å². The van der Waals surface area contributed by atoms with E-state index in [2.05, 4.69) is 22.8 Å². The number of rotatable bonds is 3. The summed E-state index contributed by atoms with van der Waals surface area (Å²) in [4.78, 5) is 12.0. The zero-order valence-electron chi connectivity index (χ0n) is 9.91. The van der Waals surface area contributed by atoms with Crippen LogP contribution < -0.4 is 10.6 Å². The highest BCUT2D eigenvalue weighted by atomic mass is 16.1. The van der Waals surface area contributed by atoms with Crippen LogP contribution in [-0.2, 0) is 11.2 Å². The molecule has 2 atom stereocenters. The van der Waals surface area contributed by atoms with Crippen molar-refractivity contribution in [1.82, 2.24) is 10.6 Å². The highest BCUT2D eigenvalue weighted by molar-refractivity contribution is 5.86. The first-order valence-corrected chi connectivity index (χ1v) is 6.43. The molecule has 0 spiro atoms. The van der Waals surface area contributed by atoms with Crippen LogP contribution in [0.4, 0.5) is 0 Å². The van der Waals surface area contributed by atoms with Crippen LogP contribution in [0.15, 0.2) is 24.3 Å². The predicted octanol–water partition coefficient (Wildman–Crippen LogP) is 1.19. The Kier molecular flexibility index (Phi) is 2.85. The highest BCUT2D eigenvalue weighted by Gasteiger charge is 2.31. The third-order valence-corrected chi connectivity index (χ3v) is 3.86. The Morgan fingerprint density at radius 3 is 3.06 bits per heavy atom. The van der Waals surface area contributed by atoms with Crippen molar-refractivity contribution >= 4 is 5.91 Å². The Morgan fingerprint density at radius 1 is 1.41 bits per heavy atom. The molecule has 1 heterocycles. The van der Waals surface area contributed by atoms with Gasteiger partial charge in [-0.15, -0.1) is 0 Å². The van der Waals surface area contributed by atoms with Crippen molar-refractivity contribution in [2.24, 2.45) is 0 Å². The molecular formula is C14H18N2O. The summed E-state index contributed by atoms with van der Waals surface area (Å²) in [6.07, 6.45) is 3.31. The maximum Gasteiger partial charge on any atom is 0.227 e. The van der Waals surface area contributed by atoms with Crippen molar-refractivity contribution in [2.45, 2.75) is 31.2 Å². The minimum Gasteiger partial charge on any atom is -0.354 e. The van der Waals surface area contributed by atoms with E-state index in [9.17, 15) is 4.79 Å². The first kappa shape index (κ1) is 10.8. The molecule has 17 heavy (non-hydrogen) atoms. The fourth-order valence-electron chi connectivity index (χ4n) is 2.77. The van der Waals surface area contributed by atoms with Crippen LogP contribution in [0.5, 0.6) is 0 Å². The van der Waals surface area contributed by atoms with Crippen LogP contribution in [0.3, 0.4) is 0 Å². The fourth-order valence-corrected chi connectivity index (χ4v) is 2.77. The average Bonchev–Trinajstić information content (AvgIpc) is 2.81. The van der Waals surface area contributed by atoms with Gasteiger partial charge in [-0.05, 0) is 36.9 Å². The van der Waals surface area contributed by atoms with E-state index < -0.39 is 0 Å². The van der Waals surface area contributed by atoms with Crippen molar-refractivity contribution in [1.29, 1.82) is 0 Å². The molecule has 1 aromatic rings. The minimum absolute atomic E-state index is 0.0904. The van der Waals surface area contributed by atoms with E-state index in [0.29, 0.717) is 6.04 Å².